The average Bonchev–Trinajstić information content (AvgIpc) is 2.66. The molecule has 0 aliphatic rings. The average molecular weight is 364 g/mol. The molecule has 0 saturated carbocycles. The second kappa shape index (κ2) is 8.32. The van der Waals surface area contributed by atoms with E-state index in [1.165, 1.54) is 11.8 Å². The maximum atomic E-state index is 10.6. The molecule has 0 bridgehead atoms. The Morgan fingerprint density at radius 3 is 2.65 bits per heavy atom. The quantitative estimate of drug-likeness (QED) is 0.368. The topological polar surface area (TPSA) is 98.9 Å². The minimum Gasteiger partial charge on any atom is -0.481 e. The number of hydrogen-bond donors (Lipinski definition) is 2. The van der Waals surface area contributed by atoms with E-state index in [2.05, 4.69) is 21.4 Å². The van der Waals surface area contributed by atoms with Crippen molar-refractivity contribution >= 4 is 40.1 Å². The maximum Gasteiger partial charge on any atom is 0.303 e. The number of thioether (sulfide) groups is 1. The molecule has 2 N–H and O–H groups in total. The highest BCUT2D eigenvalue weighted by atomic mass is 32.2. The van der Waals surface area contributed by atoms with Gasteiger partial charge in [0, 0.05) is 23.2 Å². The predicted molar refractivity (Wildman–Crippen MR) is 102 cm³/mol. The van der Waals surface area contributed by atoms with E-state index in [4.69, 9.17) is 10.4 Å². The van der Waals surface area contributed by atoms with E-state index in [-0.39, 0.29) is 6.42 Å². The molecule has 26 heavy (non-hydrogen) atoms. The van der Waals surface area contributed by atoms with E-state index in [0.717, 1.165) is 16.6 Å². The SMILES string of the molecule is N#Cc1ccc(Nc2nc(SCCCC(=O)O)nc3ccccc23)cc1. The highest BCUT2D eigenvalue weighted by molar-refractivity contribution is 7.99. The van der Waals surface area contributed by atoms with Gasteiger partial charge < -0.3 is 10.4 Å². The van der Waals surface area contributed by atoms with Crippen LogP contribution < -0.4 is 5.32 Å². The molecule has 0 saturated heterocycles. The van der Waals surface area contributed by atoms with E-state index in [1.54, 1.807) is 12.1 Å². The summed E-state index contributed by atoms with van der Waals surface area (Å²) in [6, 6.07) is 16.9. The van der Waals surface area contributed by atoms with Crippen LogP contribution in [0.15, 0.2) is 53.7 Å². The summed E-state index contributed by atoms with van der Waals surface area (Å²) in [5.41, 5.74) is 2.24. The molecular weight excluding hydrogens is 348 g/mol. The standard InChI is InChI=1S/C19H16N4O2S/c20-12-13-7-9-14(10-8-13)21-18-15-4-1-2-5-16(15)22-19(23-18)26-11-3-6-17(24)25/h1-2,4-5,7-10H,3,6,11H2,(H,24,25)(H,21,22,23). The van der Waals surface area contributed by atoms with Crippen LogP contribution in [0.3, 0.4) is 0 Å². The third-order valence-corrected chi connectivity index (χ3v) is 4.56. The first kappa shape index (κ1) is 17.7. The van der Waals surface area contributed by atoms with Crippen LogP contribution in [0.2, 0.25) is 0 Å². The smallest absolute Gasteiger partial charge is 0.303 e. The number of nitriles is 1. The van der Waals surface area contributed by atoms with Crippen LogP contribution >= 0.6 is 11.8 Å². The van der Waals surface area contributed by atoms with Crippen molar-refractivity contribution < 1.29 is 9.90 Å². The third kappa shape index (κ3) is 4.49. The van der Waals surface area contributed by atoms with Gasteiger partial charge in [0.2, 0.25) is 0 Å². The van der Waals surface area contributed by atoms with E-state index in [9.17, 15) is 4.79 Å². The Labute approximate surface area is 154 Å². The van der Waals surface area contributed by atoms with Crippen molar-refractivity contribution in [3.8, 4) is 6.07 Å². The van der Waals surface area contributed by atoms with Gasteiger partial charge in [-0.25, -0.2) is 9.97 Å². The molecule has 0 unspecified atom stereocenters. The van der Waals surface area contributed by atoms with E-state index in [0.29, 0.717) is 28.7 Å². The van der Waals surface area contributed by atoms with Crippen LogP contribution in [0.25, 0.3) is 10.9 Å². The van der Waals surface area contributed by atoms with Crippen LogP contribution in [-0.2, 0) is 4.79 Å². The van der Waals surface area contributed by atoms with Gasteiger partial charge in [0.15, 0.2) is 5.16 Å². The summed E-state index contributed by atoms with van der Waals surface area (Å²) in [6.45, 7) is 0. The van der Waals surface area contributed by atoms with Gasteiger partial charge in [0.25, 0.3) is 0 Å². The molecule has 0 amide bonds. The summed E-state index contributed by atoms with van der Waals surface area (Å²) in [5.74, 6) is 0.523. The van der Waals surface area contributed by atoms with Crippen molar-refractivity contribution in [3.63, 3.8) is 0 Å². The molecule has 130 valence electrons. The van der Waals surface area contributed by atoms with Crippen molar-refractivity contribution in [2.24, 2.45) is 0 Å². The zero-order valence-electron chi connectivity index (χ0n) is 13.8. The number of nitrogens with zero attached hydrogens (tertiary/aromatic N) is 3. The highest BCUT2D eigenvalue weighted by Gasteiger charge is 2.09. The molecule has 1 aromatic heterocycles. The number of carboxylic acids is 1. The van der Waals surface area contributed by atoms with Crippen molar-refractivity contribution in [1.82, 2.24) is 9.97 Å². The molecular formula is C19H16N4O2S. The lowest BCUT2D eigenvalue weighted by Crippen LogP contribution is -2.00. The molecule has 0 fully saturated rings. The van der Waals surface area contributed by atoms with Crippen molar-refractivity contribution in [1.29, 1.82) is 5.26 Å². The number of nitrogens with one attached hydrogen (secondary N) is 1. The van der Waals surface area contributed by atoms with Crippen LogP contribution in [0.1, 0.15) is 18.4 Å². The zero-order chi connectivity index (χ0) is 18.4. The highest BCUT2D eigenvalue weighted by Crippen LogP contribution is 2.27. The van der Waals surface area contributed by atoms with Gasteiger partial charge in [-0.3, -0.25) is 4.79 Å². The van der Waals surface area contributed by atoms with Gasteiger partial charge in [0.1, 0.15) is 5.82 Å². The largest absolute Gasteiger partial charge is 0.481 e. The summed E-state index contributed by atoms with van der Waals surface area (Å²) < 4.78 is 0. The Balaban J connectivity index is 1.84. The first-order valence-electron chi connectivity index (χ1n) is 8.04. The number of para-hydroxylation sites is 1. The summed E-state index contributed by atoms with van der Waals surface area (Å²) in [7, 11) is 0. The van der Waals surface area contributed by atoms with Gasteiger partial charge in [0.05, 0.1) is 17.1 Å². The van der Waals surface area contributed by atoms with Gasteiger partial charge in [-0.1, -0.05) is 23.9 Å². The molecule has 1 heterocycles. The Bertz CT molecular complexity index is 967. The monoisotopic (exact) mass is 364 g/mol. The summed E-state index contributed by atoms with van der Waals surface area (Å²) in [5, 5.41) is 22.4. The molecule has 2 aromatic carbocycles. The van der Waals surface area contributed by atoms with Crippen LogP contribution in [0, 0.1) is 11.3 Å². The van der Waals surface area contributed by atoms with Crippen LogP contribution in [-0.4, -0.2) is 26.8 Å². The van der Waals surface area contributed by atoms with Crippen LogP contribution in [0.4, 0.5) is 11.5 Å². The zero-order valence-corrected chi connectivity index (χ0v) is 14.7. The Kier molecular flexibility index (Phi) is 5.66. The van der Waals surface area contributed by atoms with Gasteiger partial charge >= 0.3 is 5.97 Å². The number of carbonyl (C=O) groups is 1. The molecule has 0 atom stereocenters. The summed E-state index contributed by atoms with van der Waals surface area (Å²) in [6.07, 6.45) is 0.700. The van der Waals surface area contributed by atoms with Crippen molar-refractivity contribution in [2.45, 2.75) is 18.0 Å². The molecule has 6 nitrogen and oxygen atoms in total. The second-order valence-electron chi connectivity index (χ2n) is 5.53. The Morgan fingerprint density at radius 1 is 1.15 bits per heavy atom. The summed E-state index contributed by atoms with van der Waals surface area (Å²) in [4.78, 5) is 19.7. The lowest BCUT2D eigenvalue weighted by molar-refractivity contribution is -0.137. The fraction of sp³-hybridized carbons (Fsp3) is 0.158. The first-order chi connectivity index (χ1) is 12.7. The number of hydrogen-bond acceptors (Lipinski definition) is 6. The van der Waals surface area contributed by atoms with E-state index >= 15 is 0 Å². The Morgan fingerprint density at radius 2 is 1.92 bits per heavy atom. The lowest BCUT2D eigenvalue weighted by Gasteiger charge is -2.10. The van der Waals surface area contributed by atoms with Crippen LogP contribution in [0.5, 0.6) is 0 Å². The molecule has 3 rings (SSSR count). The fourth-order valence-electron chi connectivity index (χ4n) is 2.37. The number of benzene rings is 2. The molecule has 0 spiro atoms. The first-order valence-corrected chi connectivity index (χ1v) is 9.03. The van der Waals surface area contributed by atoms with Gasteiger partial charge in [-0.05, 0) is 42.8 Å². The summed E-state index contributed by atoms with van der Waals surface area (Å²) >= 11 is 1.44. The number of carboxylic acid groups (broad SMARTS) is 1. The van der Waals surface area contributed by atoms with E-state index in [1.807, 2.05) is 36.4 Å². The predicted octanol–water partition coefficient (Wildman–Crippen LogP) is 4.20. The number of rotatable bonds is 7. The van der Waals surface area contributed by atoms with Gasteiger partial charge in [-0.15, -0.1) is 0 Å². The third-order valence-electron chi connectivity index (χ3n) is 3.63. The van der Waals surface area contributed by atoms with Crippen molar-refractivity contribution in [3.05, 3.63) is 54.1 Å². The lowest BCUT2D eigenvalue weighted by atomic mass is 10.2. The molecule has 0 aliphatic carbocycles. The molecule has 7 heteroatoms. The minimum absolute atomic E-state index is 0.136. The minimum atomic E-state index is -0.798. The van der Waals surface area contributed by atoms with Crippen molar-refractivity contribution in [2.75, 3.05) is 11.1 Å². The Hall–Kier alpha value is -3.11. The second-order valence-corrected chi connectivity index (χ2v) is 6.59. The normalized spacial score (nSPS) is 10.4. The molecule has 0 radical (unpaired) electrons. The fourth-order valence-corrected chi connectivity index (χ4v) is 3.16. The van der Waals surface area contributed by atoms with E-state index < -0.39 is 5.97 Å². The number of anilines is 2. The molecule has 0 aliphatic heterocycles. The molecule has 3 aromatic rings. The van der Waals surface area contributed by atoms with Gasteiger partial charge in [-0.2, -0.15) is 5.26 Å². The number of fused-ring (bicyclic) bond motifs is 1. The number of aliphatic carboxylic acids is 1. The number of aromatic nitrogens is 2. The maximum absolute atomic E-state index is 10.6.